The number of aromatic nitrogens is 1. The van der Waals surface area contributed by atoms with E-state index < -0.39 is 0 Å². The van der Waals surface area contributed by atoms with Gasteiger partial charge in [-0.15, -0.1) is 0 Å². The van der Waals surface area contributed by atoms with Gasteiger partial charge in [0, 0.05) is 54.5 Å². The van der Waals surface area contributed by atoms with Crippen LogP contribution in [0.3, 0.4) is 0 Å². The van der Waals surface area contributed by atoms with Gasteiger partial charge in [0.05, 0.1) is 5.92 Å². The third-order valence-electron chi connectivity index (χ3n) is 7.54. The molecule has 1 aliphatic heterocycles. The minimum absolute atomic E-state index is 0.0719. The molecule has 5 heteroatoms. The van der Waals surface area contributed by atoms with Crippen molar-refractivity contribution in [2.45, 2.75) is 76.5 Å². The summed E-state index contributed by atoms with van der Waals surface area (Å²) in [5, 5.41) is 1.40. The number of esters is 1. The maximum atomic E-state index is 13.0. The van der Waals surface area contributed by atoms with E-state index in [1.54, 1.807) is 0 Å². The fraction of sp³-hybridized carbons (Fsp3) is 0.600. The average Bonchev–Trinajstić information content (AvgIpc) is 3.10. The van der Waals surface area contributed by atoms with Crippen molar-refractivity contribution in [2.75, 3.05) is 13.6 Å². The number of Topliss-reactive ketones (excluding diaryl/α,β-unsaturated/α-hetero) is 1. The molecule has 160 valence electrons. The molecule has 2 unspecified atom stereocenters. The second-order valence-corrected chi connectivity index (χ2v) is 9.82. The molecular formula is C25H32N2O3. The van der Waals surface area contributed by atoms with Crippen LogP contribution in [0, 0.1) is 5.92 Å². The number of piperidine rings is 1. The summed E-state index contributed by atoms with van der Waals surface area (Å²) in [5.41, 5.74) is 4.15. The van der Waals surface area contributed by atoms with Gasteiger partial charge in [-0.05, 0) is 63.8 Å². The predicted octanol–water partition coefficient (Wildman–Crippen LogP) is 4.24. The Morgan fingerprint density at radius 3 is 2.70 bits per heavy atom. The third-order valence-corrected chi connectivity index (χ3v) is 7.54. The lowest BCUT2D eigenvalue weighted by atomic mass is 9.72. The molecule has 2 fully saturated rings. The van der Waals surface area contributed by atoms with Gasteiger partial charge in [0.25, 0.3) is 0 Å². The minimum atomic E-state index is -0.0992. The molecule has 1 saturated carbocycles. The van der Waals surface area contributed by atoms with Gasteiger partial charge in [0.15, 0.2) is 0 Å². The van der Waals surface area contributed by atoms with Crippen LogP contribution in [0.1, 0.15) is 69.0 Å². The van der Waals surface area contributed by atoms with Crippen LogP contribution >= 0.6 is 0 Å². The molecule has 1 saturated heterocycles. The van der Waals surface area contributed by atoms with Crippen molar-refractivity contribution >= 4 is 22.7 Å². The summed E-state index contributed by atoms with van der Waals surface area (Å²) in [6.07, 6.45) is 6.62. The molecular weight excluding hydrogens is 376 g/mol. The smallest absolute Gasteiger partial charge is 0.310 e. The number of carbonyl (C=O) groups excluding carboxylic acids is 2. The first kappa shape index (κ1) is 19.8. The van der Waals surface area contributed by atoms with Crippen molar-refractivity contribution in [1.29, 1.82) is 0 Å². The number of carbonyl (C=O) groups is 2. The Balaban J connectivity index is 1.40. The van der Waals surface area contributed by atoms with Gasteiger partial charge >= 0.3 is 5.97 Å². The largest absolute Gasteiger partial charge is 0.462 e. The van der Waals surface area contributed by atoms with Crippen LogP contribution in [0.4, 0.5) is 0 Å². The third kappa shape index (κ3) is 3.27. The molecule has 0 radical (unpaired) electrons. The van der Waals surface area contributed by atoms with Crippen LogP contribution in [0.2, 0.25) is 0 Å². The quantitative estimate of drug-likeness (QED) is 0.713. The van der Waals surface area contributed by atoms with E-state index in [4.69, 9.17) is 4.74 Å². The van der Waals surface area contributed by atoms with Crippen LogP contribution in [0.5, 0.6) is 0 Å². The lowest BCUT2D eigenvalue weighted by Gasteiger charge is -2.45. The van der Waals surface area contributed by atoms with Gasteiger partial charge in [-0.3, -0.25) is 9.59 Å². The van der Waals surface area contributed by atoms with Gasteiger partial charge in [-0.1, -0.05) is 12.1 Å². The fourth-order valence-electron chi connectivity index (χ4n) is 5.96. The number of ketones is 1. The standard InChI is InChI=1S/C25H32N2O3/c1-15(2)27-14-16-12-23-21(20-5-4-6-22(27)24(16)20)11-17(13-26(23)3)25(29)30-19-9-7-18(28)8-10-19/h4-6,14-15,17,19,21,23H,7-13H2,1-3H3/t17-,21?,23?/m1/s1. The van der Waals surface area contributed by atoms with Crippen molar-refractivity contribution in [1.82, 2.24) is 9.47 Å². The highest BCUT2D eigenvalue weighted by Crippen LogP contribution is 2.45. The van der Waals surface area contributed by atoms with Crippen LogP contribution in [0.15, 0.2) is 24.4 Å². The highest BCUT2D eigenvalue weighted by Gasteiger charge is 2.42. The number of hydrogen-bond acceptors (Lipinski definition) is 4. The molecule has 1 aromatic carbocycles. The van der Waals surface area contributed by atoms with Crippen LogP contribution in [-0.4, -0.2) is 47.0 Å². The van der Waals surface area contributed by atoms with E-state index in [0.29, 0.717) is 49.5 Å². The van der Waals surface area contributed by atoms with E-state index >= 15 is 0 Å². The van der Waals surface area contributed by atoms with Crippen molar-refractivity contribution in [2.24, 2.45) is 5.92 Å². The van der Waals surface area contributed by atoms with Crippen LogP contribution in [0.25, 0.3) is 10.9 Å². The van der Waals surface area contributed by atoms with E-state index in [2.05, 4.69) is 54.8 Å². The number of rotatable bonds is 3. The number of nitrogens with zero attached hydrogens (tertiary/aromatic N) is 2. The molecule has 1 aromatic heterocycles. The lowest BCUT2D eigenvalue weighted by molar-refractivity contribution is -0.159. The first-order valence-corrected chi connectivity index (χ1v) is 11.5. The summed E-state index contributed by atoms with van der Waals surface area (Å²) in [7, 11) is 2.15. The van der Waals surface area contributed by atoms with Gasteiger partial charge in [0.2, 0.25) is 0 Å². The summed E-state index contributed by atoms with van der Waals surface area (Å²) < 4.78 is 8.25. The van der Waals surface area contributed by atoms with Gasteiger partial charge in [-0.2, -0.15) is 0 Å². The van der Waals surface area contributed by atoms with Gasteiger partial charge in [-0.25, -0.2) is 0 Å². The molecule has 0 spiro atoms. The highest BCUT2D eigenvalue weighted by molar-refractivity contribution is 5.89. The Morgan fingerprint density at radius 2 is 1.97 bits per heavy atom. The Bertz CT molecular complexity index is 982. The maximum absolute atomic E-state index is 13.0. The molecule has 30 heavy (non-hydrogen) atoms. The summed E-state index contributed by atoms with van der Waals surface area (Å²) in [6, 6.07) is 7.53. The number of likely N-dealkylation sites (tertiary alicyclic amines) is 1. The average molecular weight is 409 g/mol. The number of benzene rings is 1. The minimum Gasteiger partial charge on any atom is -0.462 e. The Labute approximate surface area is 178 Å². The van der Waals surface area contributed by atoms with E-state index in [0.717, 1.165) is 19.4 Å². The molecule has 0 amide bonds. The topological polar surface area (TPSA) is 51.5 Å². The number of hydrogen-bond donors (Lipinski definition) is 0. The van der Waals surface area contributed by atoms with Crippen LogP contribution in [-0.2, 0) is 20.7 Å². The van der Waals surface area contributed by atoms with Gasteiger partial charge < -0.3 is 14.2 Å². The normalized spacial score (nSPS) is 27.5. The van der Waals surface area contributed by atoms with E-state index in [9.17, 15) is 9.59 Å². The summed E-state index contributed by atoms with van der Waals surface area (Å²) >= 11 is 0. The SMILES string of the molecule is CC(C)n1cc2c3c(cccc31)C1C[C@@H](C(=O)OC3CCC(=O)CC3)CN(C)C1C2. The Kier molecular flexibility index (Phi) is 4.97. The zero-order chi connectivity index (χ0) is 21.0. The molecule has 3 aliphatic rings. The zero-order valence-corrected chi connectivity index (χ0v) is 18.3. The van der Waals surface area contributed by atoms with Crippen molar-refractivity contribution in [3.8, 4) is 0 Å². The van der Waals surface area contributed by atoms with Crippen molar-refractivity contribution in [3.63, 3.8) is 0 Å². The molecule has 2 heterocycles. The lowest BCUT2D eigenvalue weighted by Crippen LogP contribution is -2.50. The molecule has 5 nitrogen and oxygen atoms in total. The molecule has 3 atom stereocenters. The molecule has 0 bridgehead atoms. The summed E-state index contributed by atoms with van der Waals surface area (Å²) in [4.78, 5) is 26.9. The number of fused-ring (bicyclic) bond motifs is 2. The first-order chi connectivity index (χ1) is 14.4. The van der Waals surface area contributed by atoms with E-state index in [1.165, 1.54) is 22.0 Å². The second-order valence-electron chi connectivity index (χ2n) is 9.82. The van der Waals surface area contributed by atoms with Crippen molar-refractivity contribution in [3.05, 3.63) is 35.5 Å². The van der Waals surface area contributed by atoms with Crippen molar-refractivity contribution < 1.29 is 14.3 Å². The fourth-order valence-corrected chi connectivity index (χ4v) is 5.96. The van der Waals surface area contributed by atoms with Crippen LogP contribution < -0.4 is 0 Å². The highest BCUT2D eigenvalue weighted by atomic mass is 16.5. The number of likely N-dealkylation sites (N-methyl/N-ethyl adjacent to an activating group) is 1. The molecule has 2 aliphatic carbocycles. The maximum Gasteiger partial charge on any atom is 0.310 e. The van der Waals surface area contributed by atoms with Gasteiger partial charge in [0.1, 0.15) is 11.9 Å². The molecule has 0 N–H and O–H groups in total. The first-order valence-electron chi connectivity index (χ1n) is 11.5. The number of ether oxygens (including phenoxy) is 1. The van der Waals surface area contributed by atoms with E-state index in [-0.39, 0.29) is 18.0 Å². The summed E-state index contributed by atoms with van der Waals surface area (Å²) in [6.45, 7) is 5.22. The second kappa shape index (κ2) is 7.52. The Hall–Kier alpha value is -2.14. The zero-order valence-electron chi connectivity index (χ0n) is 18.3. The van der Waals surface area contributed by atoms with E-state index in [1.807, 2.05) is 0 Å². The predicted molar refractivity (Wildman–Crippen MR) is 117 cm³/mol. The summed E-state index contributed by atoms with van der Waals surface area (Å²) in [5.74, 6) is 0.477. The monoisotopic (exact) mass is 408 g/mol. The molecule has 2 aromatic rings. The molecule has 5 rings (SSSR count). The Morgan fingerprint density at radius 1 is 1.20 bits per heavy atom.